The van der Waals surface area contributed by atoms with Crippen LogP contribution in [0, 0.1) is 0 Å². The summed E-state index contributed by atoms with van der Waals surface area (Å²) in [4.78, 5) is 15.8. The number of aromatic nitrogens is 1. The fraction of sp³-hybridized carbons (Fsp3) is 0.200. The fourth-order valence-corrected chi connectivity index (χ4v) is 2.28. The summed E-state index contributed by atoms with van der Waals surface area (Å²) in [5.74, 6) is -0.695. The molecule has 1 aromatic carbocycles. The molecule has 1 heterocycles. The van der Waals surface area contributed by atoms with E-state index in [0.717, 1.165) is 0 Å². The molecule has 128 valence electrons. The van der Waals surface area contributed by atoms with Crippen LogP contribution in [0.4, 0.5) is 13.2 Å². The minimum Gasteiger partial charge on any atom is -0.468 e. The first-order chi connectivity index (χ1) is 11.3. The number of hydrogen-bond acceptors (Lipinski definition) is 3. The number of halogens is 5. The SMILES string of the molecule is O=C(NCc1cccnc1OCC(F)(F)F)c1ccc(Cl)cc1Cl. The predicted molar refractivity (Wildman–Crippen MR) is 83.4 cm³/mol. The van der Waals surface area contributed by atoms with Crippen LogP contribution in [-0.2, 0) is 6.54 Å². The lowest BCUT2D eigenvalue weighted by Gasteiger charge is -2.12. The molecule has 0 spiro atoms. The van der Waals surface area contributed by atoms with Gasteiger partial charge in [-0.05, 0) is 24.3 Å². The van der Waals surface area contributed by atoms with Crippen molar-refractivity contribution in [3.8, 4) is 5.88 Å². The van der Waals surface area contributed by atoms with Gasteiger partial charge in [-0.25, -0.2) is 4.98 Å². The zero-order valence-corrected chi connectivity index (χ0v) is 13.5. The summed E-state index contributed by atoms with van der Waals surface area (Å²) < 4.78 is 41.4. The normalized spacial score (nSPS) is 11.2. The summed E-state index contributed by atoms with van der Waals surface area (Å²) in [6, 6.07) is 7.40. The number of carbonyl (C=O) groups is 1. The van der Waals surface area contributed by atoms with E-state index in [1.54, 1.807) is 0 Å². The summed E-state index contributed by atoms with van der Waals surface area (Å²) >= 11 is 11.7. The van der Waals surface area contributed by atoms with Crippen LogP contribution in [0.25, 0.3) is 0 Å². The number of ether oxygens (including phenoxy) is 1. The highest BCUT2D eigenvalue weighted by Crippen LogP contribution is 2.22. The number of nitrogens with zero attached hydrogens (tertiary/aromatic N) is 1. The molecule has 4 nitrogen and oxygen atoms in total. The Hall–Kier alpha value is -1.99. The van der Waals surface area contributed by atoms with Crippen LogP contribution in [0.3, 0.4) is 0 Å². The van der Waals surface area contributed by atoms with E-state index < -0.39 is 18.7 Å². The molecule has 0 aliphatic carbocycles. The Morgan fingerprint density at radius 2 is 2.00 bits per heavy atom. The highest BCUT2D eigenvalue weighted by Gasteiger charge is 2.29. The minimum atomic E-state index is -4.48. The molecule has 0 saturated heterocycles. The van der Waals surface area contributed by atoms with Gasteiger partial charge in [0.05, 0.1) is 10.6 Å². The number of amides is 1. The molecule has 0 saturated carbocycles. The van der Waals surface area contributed by atoms with Gasteiger partial charge in [0.2, 0.25) is 5.88 Å². The third-order valence-electron chi connectivity index (χ3n) is 2.84. The van der Waals surface area contributed by atoms with Crippen LogP contribution in [0.5, 0.6) is 5.88 Å². The van der Waals surface area contributed by atoms with Crippen LogP contribution in [0.2, 0.25) is 10.0 Å². The van der Waals surface area contributed by atoms with Crippen molar-refractivity contribution in [1.29, 1.82) is 0 Å². The Kier molecular flexibility index (Phi) is 5.90. The van der Waals surface area contributed by atoms with Gasteiger partial charge in [0.15, 0.2) is 6.61 Å². The minimum absolute atomic E-state index is 0.0706. The molecule has 0 radical (unpaired) electrons. The lowest BCUT2D eigenvalue weighted by atomic mass is 10.2. The molecule has 0 atom stereocenters. The molecule has 0 unspecified atom stereocenters. The van der Waals surface area contributed by atoms with E-state index >= 15 is 0 Å². The molecule has 24 heavy (non-hydrogen) atoms. The molecule has 0 fully saturated rings. The van der Waals surface area contributed by atoms with E-state index in [0.29, 0.717) is 10.6 Å². The maximum Gasteiger partial charge on any atom is 0.422 e. The summed E-state index contributed by atoms with van der Waals surface area (Å²) in [5.41, 5.74) is 0.503. The van der Waals surface area contributed by atoms with Gasteiger partial charge in [0.1, 0.15) is 0 Å². The highest BCUT2D eigenvalue weighted by molar-refractivity contribution is 6.36. The first-order valence-electron chi connectivity index (χ1n) is 6.63. The van der Waals surface area contributed by atoms with Crippen molar-refractivity contribution in [2.24, 2.45) is 0 Å². The Bertz CT molecular complexity index is 739. The molecular formula is C15H11Cl2F3N2O2. The zero-order chi connectivity index (χ0) is 17.7. The standard InChI is InChI=1S/C15H11Cl2F3N2O2/c16-10-3-4-11(12(17)6-10)13(23)22-7-9-2-1-5-21-14(9)24-8-15(18,19)20/h1-6H,7-8H2,(H,22,23). The van der Waals surface area contributed by atoms with Crippen LogP contribution in [-0.4, -0.2) is 23.7 Å². The monoisotopic (exact) mass is 378 g/mol. The fourth-order valence-electron chi connectivity index (χ4n) is 1.78. The largest absolute Gasteiger partial charge is 0.468 e. The van der Waals surface area contributed by atoms with E-state index in [1.807, 2.05) is 0 Å². The lowest BCUT2D eigenvalue weighted by Crippen LogP contribution is -2.24. The van der Waals surface area contributed by atoms with Crippen LogP contribution in [0.15, 0.2) is 36.5 Å². The molecular weight excluding hydrogens is 368 g/mol. The number of benzene rings is 1. The molecule has 1 aromatic heterocycles. The highest BCUT2D eigenvalue weighted by atomic mass is 35.5. The average molecular weight is 379 g/mol. The Morgan fingerprint density at radius 3 is 2.67 bits per heavy atom. The molecule has 1 amide bonds. The lowest BCUT2D eigenvalue weighted by molar-refractivity contribution is -0.154. The molecule has 0 aliphatic rings. The zero-order valence-electron chi connectivity index (χ0n) is 12.0. The van der Waals surface area contributed by atoms with E-state index in [4.69, 9.17) is 23.2 Å². The number of carbonyl (C=O) groups excluding carboxylic acids is 1. The molecule has 2 rings (SSSR count). The van der Waals surface area contributed by atoms with E-state index in [-0.39, 0.29) is 23.0 Å². The quantitative estimate of drug-likeness (QED) is 0.845. The van der Waals surface area contributed by atoms with E-state index in [1.165, 1.54) is 36.5 Å². The average Bonchev–Trinajstić information content (AvgIpc) is 2.50. The third kappa shape index (κ3) is 5.28. The Labute approximate surface area is 145 Å². The van der Waals surface area contributed by atoms with E-state index in [9.17, 15) is 18.0 Å². The van der Waals surface area contributed by atoms with Crippen molar-refractivity contribution in [2.45, 2.75) is 12.7 Å². The van der Waals surface area contributed by atoms with Gasteiger partial charge in [-0.1, -0.05) is 29.3 Å². The molecule has 0 aliphatic heterocycles. The van der Waals surface area contributed by atoms with Gasteiger partial charge in [0, 0.05) is 23.3 Å². The Balaban J connectivity index is 2.05. The first-order valence-corrected chi connectivity index (χ1v) is 7.38. The maximum absolute atomic E-state index is 12.2. The summed E-state index contributed by atoms with van der Waals surface area (Å²) in [6.07, 6.45) is -3.18. The maximum atomic E-state index is 12.2. The second-order valence-corrected chi connectivity index (χ2v) is 5.52. The van der Waals surface area contributed by atoms with Gasteiger partial charge in [0.25, 0.3) is 5.91 Å². The molecule has 0 bridgehead atoms. The number of rotatable bonds is 5. The summed E-state index contributed by atoms with van der Waals surface area (Å²) in [7, 11) is 0. The topological polar surface area (TPSA) is 51.2 Å². The molecule has 1 N–H and O–H groups in total. The number of nitrogens with one attached hydrogen (secondary N) is 1. The van der Waals surface area contributed by atoms with Crippen LogP contribution in [0.1, 0.15) is 15.9 Å². The van der Waals surface area contributed by atoms with Crippen molar-refractivity contribution in [1.82, 2.24) is 10.3 Å². The van der Waals surface area contributed by atoms with Crippen molar-refractivity contribution in [3.63, 3.8) is 0 Å². The van der Waals surface area contributed by atoms with Gasteiger partial charge in [-0.3, -0.25) is 4.79 Å². The van der Waals surface area contributed by atoms with Crippen molar-refractivity contribution in [2.75, 3.05) is 6.61 Å². The van der Waals surface area contributed by atoms with Crippen molar-refractivity contribution in [3.05, 3.63) is 57.7 Å². The second kappa shape index (κ2) is 7.72. The van der Waals surface area contributed by atoms with Gasteiger partial charge >= 0.3 is 6.18 Å². The first kappa shape index (κ1) is 18.4. The van der Waals surface area contributed by atoms with Gasteiger partial charge in [-0.2, -0.15) is 13.2 Å². The van der Waals surface area contributed by atoms with Gasteiger partial charge < -0.3 is 10.1 Å². The molecule has 2 aromatic rings. The Morgan fingerprint density at radius 1 is 1.25 bits per heavy atom. The molecule has 9 heteroatoms. The summed E-state index contributed by atoms with van der Waals surface area (Å²) in [6.45, 7) is -1.53. The van der Waals surface area contributed by atoms with Crippen LogP contribution < -0.4 is 10.1 Å². The number of alkyl halides is 3. The number of hydrogen-bond donors (Lipinski definition) is 1. The summed E-state index contributed by atoms with van der Waals surface area (Å²) in [5, 5.41) is 3.09. The van der Waals surface area contributed by atoms with Crippen LogP contribution >= 0.6 is 23.2 Å². The second-order valence-electron chi connectivity index (χ2n) is 4.68. The third-order valence-corrected chi connectivity index (χ3v) is 3.39. The van der Waals surface area contributed by atoms with Crippen molar-refractivity contribution < 1.29 is 22.7 Å². The smallest absolute Gasteiger partial charge is 0.422 e. The van der Waals surface area contributed by atoms with Gasteiger partial charge in [-0.15, -0.1) is 0 Å². The predicted octanol–water partition coefficient (Wildman–Crippen LogP) is 4.26. The van der Waals surface area contributed by atoms with Crippen molar-refractivity contribution >= 4 is 29.1 Å². The number of pyridine rings is 1. The van der Waals surface area contributed by atoms with E-state index in [2.05, 4.69) is 15.0 Å².